The maximum atomic E-state index is 12.6. The molecule has 1 saturated heterocycles. The molecule has 0 aromatic rings. The second-order valence-corrected chi connectivity index (χ2v) is 7.58. The smallest absolute Gasteiger partial charge is 0.308 e. The fourth-order valence-corrected chi connectivity index (χ4v) is 4.55. The Kier molecular flexibility index (Phi) is 5.41. The summed E-state index contributed by atoms with van der Waals surface area (Å²) in [4.78, 5) is 38.2. The van der Waals surface area contributed by atoms with Crippen LogP contribution >= 0.6 is 0 Å². The molecule has 0 aromatic carbocycles. The fourth-order valence-electron chi connectivity index (χ4n) is 4.55. The Bertz CT molecular complexity index is 501. The number of amides is 2. The van der Waals surface area contributed by atoms with Crippen molar-refractivity contribution < 1.29 is 19.5 Å². The van der Waals surface area contributed by atoms with Crippen LogP contribution in [0.4, 0.5) is 0 Å². The lowest BCUT2D eigenvalue weighted by molar-refractivity contribution is -0.143. The summed E-state index contributed by atoms with van der Waals surface area (Å²) in [5, 5.41) is 12.4. The minimum atomic E-state index is -0.822. The van der Waals surface area contributed by atoms with Crippen LogP contribution in [-0.2, 0) is 14.4 Å². The van der Waals surface area contributed by atoms with E-state index in [9.17, 15) is 19.5 Å². The monoisotopic (exact) mass is 336 g/mol. The summed E-state index contributed by atoms with van der Waals surface area (Å²) < 4.78 is 0. The number of hydrogen-bond acceptors (Lipinski definition) is 3. The highest BCUT2D eigenvalue weighted by atomic mass is 16.4. The molecule has 6 heteroatoms. The summed E-state index contributed by atoms with van der Waals surface area (Å²) in [5.41, 5.74) is 0. The molecule has 0 spiro atoms. The van der Waals surface area contributed by atoms with Crippen molar-refractivity contribution in [2.24, 2.45) is 11.8 Å². The minimum absolute atomic E-state index is 0.0812. The Morgan fingerprint density at radius 2 is 1.67 bits per heavy atom. The fraction of sp³-hybridized carbons (Fsp3) is 0.833. The second-order valence-electron chi connectivity index (χ2n) is 7.58. The zero-order chi connectivity index (χ0) is 17.1. The van der Waals surface area contributed by atoms with Gasteiger partial charge >= 0.3 is 5.97 Å². The van der Waals surface area contributed by atoms with Gasteiger partial charge in [-0.1, -0.05) is 32.1 Å². The topological polar surface area (TPSA) is 86.7 Å². The van der Waals surface area contributed by atoms with E-state index < -0.39 is 11.9 Å². The maximum absolute atomic E-state index is 12.6. The summed E-state index contributed by atoms with van der Waals surface area (Å²) in [6, 6.07) is 0.00748. The van der Waals surface area contributed by atoms with Gasteiger partial charge in [0.15, 0.2) is 0 Å². The van der Waals surface area contributed by atoms with Crippen LogP contribution in [-0.4, -0.2) is 46.4 Å². The molecule has 2 aliphatic carbocycles. The van der Waals surface area contributed by atoms with Gasteiger partial charge in [0.1, 0.15) is 0 Å². The van der Waals surface area contributed by atoms with Gasteiger partial charge in [0.05, 0.1) is 11.8 Å². The van der Waals surface area contributed by atoms with Gasteiger partial charge in [-0.2, -0.15) is 0 Å². The van der Waals surface area contributed by atoms with Gasteiger partial charge in [0.2, 0.25) is 11.8 Å². The van der Waals surface area contributed by atoms with Gasteiger partial charge in [-0.05, 0) is 25.7 Å². The van der Waals surface area contributed by atoms with Gasteiger partial charge in [-0.25, -0.2) is 0 Å². The molecular formula is C18H28N2O4. The van der Waals surface area contributed by atoms with Crippen LogP contribution in [0.2, 0.25) is 0 Å². The van der Waals surface area contributed by atoms with E-state index in [1.165, 1.54) is 0 Å². The lowest BCUT2D eigenvalue weighted by Gasteiger charge is -2.26. The average molecular weight is 336 g/mol. The number of carboxylic acids is 1. The van der Waals surface area contributed by atoms with E-state index in [-0.39, 0.29) is 30.2 Å². The van der Waals surface area contributed by atoms with Crippen molar-refractivity contribution in [1.82, 2.24) is 10.2 Å². The summed E-state index contributed by atoms with van der Waals surface area (Å²) in [5.74, 6) is -1.70. The number of carboxylic acid groups (broad SMARTS) is 1. The molecule has 1 unspecified atom stereocenters. The van der Waals surface area contributed by atoms with E-state index in [2.05, 4.69) is 5.32 Å². The summed E-state index contributed by atoms with van der Waals surface area (Å²) in [6.45, 7) is 0.500. The van der Waals surface area contributed by atoms with Crippen LogP contribution < -0.4 is 5.32 Å². The molecule has 134 valence electrons. The third-order valence-corrected chi connectivity index (χ3v) is 5.96. The predicted molar refractivity (Wildman–Crippen MR) is 88.2 cm³/mol. The summed E-state index contributed by atoms with van der Waals surface area (Å²) in [7, 11) is 0. The first-order chi connectivity index (χ1) is 11.6. The van der Waals surface area contributed by atoms with E-state index in [1.54, 1.807) is 0 Å². The Morgan fingerprint density at radius 1 is 1.00 bits per heavy atom. The van der Waals surface area contributed by atoms with Crippen LogP contribution in [0.15, 0.2) is 0 Å². The zero-order valence-corrected chi connectivity index (χ0v) is 14.2. The minimum Gasteiger partial charge on any atom is -0.481 e. The molecule has 1 heterocycles. The molecule has 1 aliphatic heterocycles. The highest BCUT2D eigenvalue weighted by Crippen LogP contribution is 2.30. The highest BCUT2D eigenvalue weighted by molar-refractivity contribution is 5.89. The van der Waals surface area contributed by atoms with Gasteiger partial charge in [0, 0.05) is 25.0 Å². The number of likely N-dealkylation sites (tertiary alicyclic amines) is 1. The number of aliphatic carboxylic acids is 1. The number of carbonyl (C=O) groups is 3. The molecule has 0 bridgehead atoms. The zero-order valence-electron chi connectivity index (χ0n) is 14.2. The van der Waals surface area contributed by atoms with Gasteiger partial charge in [-0.15, -0.1) is 0 Å². The standard InChI is InChI=1S/C18H28N2O4/c21-16-10-12(11-20(16)13-6-4-5-7-13)17(22)19-15-9-3-1-2-8-14(15)18(23)24/h12-15H,1-11H2,(H,19,22)(H,23,24)/t12?,14-,15+/m1/s1. The van der Waals surface area contributed by atoms with Gasteiger partial charge in [0.25, 0.3) is 0 Å². The van der Waals surface area contributed by atoms with Crippen LogP contribution in [0.3, 0.4) is 0 Å². The van der Waals surface area contributed by atoms with Gasteiger partial charge < -0.3 is 15.3 Å². The SMILES string of the molecule is O=C(N[C@H]1CCCCC[C@H]1C(=O)O)C1CC(=O)N(C2CCCC2)C1. The first kappa shape index (κ1) is 17.2. The highest BCUT2D eigenvalue weighted by Gasteiger charge is 2.40. The van der Waals surface area contributed by atoms with E-state index in [0.717, 1.165) is 51.4 Å². The molecule has 3 atom stereocenters. The van der Waals surface area contributed by atoms with Crippen molar-refractivity contribution in [1.29, 1.82) is 0 Å². The second kappa shape index (κ2) is 7.53. The van der Waals surface area contributed by atoms with Crippen molar-refractivity contribution in [2.75, 3.05) is 6.54 Å². The molecule has 6 nitrogen and oxygen atoms in total. The molecule has 3 aliphatic rings. The van der Waals surface area contributed by atoms with Crippen molar-refractivity contribution in [2.45, 2.75) is 76.3 Å². The van der Waals surface area contributed by atoms with Gasteiger partial charge in [-0.3, -0.25) is 14.4 Å². The average Bonchev–Trinajstić information content (AvgIpc) is 3.13. The molecule has 2 saturated carbocycles. The molecule has 2 amide bonds. The molecule has 24 heavy (non-hydrogen) atoms. The lowest BCUT2D eigenvalue weighted by Crippen LogP contribution is -2.46. The van der Waals surface area contributed by atoms with Crippen molar-refractivity contribution >= 4 is 17.8 Å². The van der Waals surface area contributed by atoms with Crippen molar-refractivity contribution in [3.63, 3.8) is 0 Å². The van der Waals surface area contributed by atoms with E-state index >= 15 is 0 Å². The quantitative estimate of drug-likeness (QED) is 0.768. The normalized spacial score (nSPS) is 31.9. The third-order valence-electron chi connectivity index (χ3n) is 5.96. The Hall–Kier alpha value is -1.59. The predicted octanol–water partition coefficient (Wildman–Crippen LogP) is 1.93. The number of hydrogen-bond donors (Lipinski definition) is 2. The molecular weight excluding hydrogens is 308 g/mol. The van der Waals surface area contributed by atoms with Crippen molar-refractivity contribution in [3.8, 4) is 0 Å². The number of nitrogens with one attached hydrogen (secondary N) is 1. The third kappa shape index (κ3) is 3.73. The molecule has 0 radical (unpaired) electrons. The Labute approximate surface area is 143 Å². The summed E-state index contributed by atoms with van der Waals surface area (Å²) >= 11 is 0. The van der Waals surface area contributed by atoms with E-state index in [4.69, 9.17) is 0 Å². The van der Waals surface area contributed by atoms with Crippen LogP contribution in [0.5, 0.6) is 0 Å². The first-order valence-electron chi connectivity index (χ1n) is 9.39. The van der Waals surface area contributed by atoms with E-state index in [0.29, 0.717) is 19.0 Å². The molecule has 3 rings (SSSR count). The van der Waals surface area contributed by atoms with E-state index in [1.807, 2.05) is 4.90 Å². The maximum Gasteiger partial charge on any atom is 0.308 e. The van der Waals surface area contributed by atoms with Crippen LogP contribution in [0.1, 0.15) is 64.2 Å². The lowest BCUT2D eigenvalue weighted by atomic mass is 9.94. The molecule has 2 N–H and O–H groups in total. The Morgan fingerprint density at radius 3 is 2.38 bits per heavy atom. The van der Waals surface area contributed by atoms with Crippen LogP contribution in [0, 0.1) is 11.8 Å². The number of rotatable bonds is 4. The summed E-state index contributed by atoms with van der Waals surface area (Å²) in [6.07, 6.45) is 8.90. The first-order valence-corrected chi connectivity index (χ1v) is 9.39. The number of carbonyl (C=O) groups excluding carboxylic acids is 2. The Balaban J connectivity index is 1.59. The number of nitrogens with zero attached hydrogens (tertiary/aromatic N) is 1. The molecule has 3 fully saturated rings. The van der Waals surface area contributed by atoms with Crippen molar-refractivity contribution in [3.05, 3.63) is 0 Å². The molecule has 0 aromatic heterocycles. The largest absolute Gasteiger partial charge is 0.481 e. The van der Waals surface area contributed by atoms with Crippen LogP contribution in [0.25, 0.3) is 0 Å².